The zero-order valence-corrected chi connectivity index (χ0v) is 14.8. The van der Waals surface area contributed by atoms with E-state index in [4.69, 9.17) is 0 Å². The Labute approximate surface area is 141 Å². The number of aryl methyl sites for hydroxylation is 3. The zero-order chi connectivity index (χ0) is 17.9. The van der Waals surface area contributed by atoms with Crippen LogP contribution in [0.15, 0.2) is 6.20 Å². The monoisotopic (exact) mass is 332 g/mol. The SMILES string of the molecule is CCCNC(=O)c1nn(CC)cc1NC(=O)c1c(C)nn(C)c1C. The number of rotatable bonds is 6. The van der Waals surface area contributed by atoms with Gasteiger partial charge in [0.25, 0.3) is 11.8 Å². The largest absolute Gasteiger partial charge is 0.351 e. The average Bonchev–Trinajstić information content (AvgIpc) is 3.05. The molecule has 2 N–H and O–H groups in total. The number of carbonyl (C=O) groups excluding carboxylic acids is 2. The van der Waals surface area contributed by atoms with Gasteiger partial charge in [-0.1, -0.05) is 6.92 Å². The molecule has 0 aliphatic heterocycles. The van der Waals surface area contributed by atoms with Gasteiger partial charge in [0.05, 0.1) is 16.9 Å². The molecule has 8 heteroatoms. The molecule has 0 fully saturated rings. The lowest BCUT2D eigenvalue weighted by Crippen LogP contribution is -2.26. The molecule has 0 aliphatic carbocycles. The van der Waals surface area contributed by atoms with Crippen molar-refractivity contribution in [1.29, 1.82) is 0 Å². The average molecular weight is 332 g/mol. The minimum atomic E-state index is -0.293. The van der Waals surface area contributed by atoms with E-state index in [0.29, 0.717) is 30.0 Å². The molecule has 130 valence electrons. The van der Waals surface area contributed by atoms with E-state index < -0.39 is 0 Å². The number of hydrogen-bond acceptors (Lipinski definition) is 4. The van der Waals surface area contributed by atoms with E-state index in [0.717, 1.165) is 12.1 Å². The van der Waals surface area contributed by atoms with Gasteiger partial charge in [-0.3, -0.25) is 19.0 Å². The Hall–Kier alpha value is -2.64. The summed E-state index contributed by atoms with van der Waals surface area (Å²) in [6.45, 7) is 8.68. The van der Waals surface area contributed by atoms with E-state index in [1.165, 1.54) is 0 Å². The van der Waals surface area contributed by atoms with Crippen molar-refractivity contribution >= 4 is 17.5 Å². The molecule has 0 saturated carbocycles. The van der Waals surface area contributed by atoms with Gasteiger partial charge in [0, 0.05) is 32.0 Å². The Morgan fingerprint density at radius 1 is 1.17 bits per heavy atom. The molecule has 0 aliphatic rings. The lowest BCUT2D eigenvalue weighted by atomic mass is 10.2. The van der Waals surface area contributed by atoms with E-state index >= 15 is 0 Å². The fourth-order valence-electron chi connectivity index (χ4n) is 2.45. The maximum atomic E-state index is 12.6. The molecule has 0 saturated heterocycles. The number of nitrogens with one attached hydrogen (secondary N) is 2. The Morgan fingerprint density at radius 2 is 1.88 bits per heavy atom. The van der Waals surface area contributed by atoms with Gasteiger partial charge in [-0.05, 0) is 27.2 Å². The highest BCUT2D eigenvalue weighted by Gasteiger charge is 2.22. The van der Waals surface area contributed by atoms with Gasteiger partial charge in [0.1, 0.15) is 0 Å². The van der Waals surface area contributed by atoms with E-state index in [1.807, 2.05) is 20.8 Å². The molecule has 2 amide bonds. The van der Waals surface area contributed by atoms with Crippen LogP contribution in [0.2, 0.25) is 0 Å². The zero-order valence-electron chi connectivity index (χ0n) is 14.8. The van der Waals surface area contributed by atoms with Crippen LogP contribution in [0.4, 0.5) is 5.69 Å². The van der Waals surface area contributed by atoms with Gasteiger partial charge in [-0.2, -0.15) is 10.2 Å². The van der Waals surface area contributed by atoms with Gasteiger partial charge in [-0.25, -0.2) is 0 Å². The quantitative estimate of drug-likeness (QED) is 0.841. The summed E-state index contributed by atoms with van der Waals surface area (Å²) >= 11 is 0. The molecule has 8 nitrogen and oxygen atoms in total. The number of carbonyl (C=O) groups is 2. The van der Waals surface area contributed by atoms with E-state index in [2.05, 4.69) is 20.8 Å². The maximum absolute atomic E-state index is 12.6. The topological polar surface area (TPSA) is 93.8 Å². The molecule has 24 heavy (non-hydrogen) atoms. The number of amides is 2. The third-order valence-corrected chi connectivity index (χ3v) is 3.82. The molecular formula is C16H24N6O2. The fraction of sp³-hybridized carbons (Fsp3) is 0.500. The van der Waals surface area contributed by atoms with Gasteiger partial charge in [0.15, 0.2) is 5.69 Å². The molecule has 0 bridgehead atoms. The van der Waals surface area contributed by atoms with Crippen molar-refractivity contribution in [2.75, 3.05) is 11.9 Å². The minimum Gasteiger partial charge on any atom is -0.351 e. The van der Waals surface area contributed by atoms with Crippen molar-refractivity contribution in [2.45, 2.75) is 40.7 Å². The Kier molecular flexibility index (Phi) is 5.38. The van der Waals surface area contributed by atoms with Crippen LogP contribution in [-0.4, -0.2) is 37.9 Å². The lowest BCUT2D eigenvalue weighted by molar-refractivity contribution is 0.0948. The molecule has 2 heterocycles. The van der Waals surface area contributed by atoms with Crippen molar-refractivity contribution in [1.82, 2.24) is 24.9 Å². The molecular weight excluding hydrogens is 308 g/mol. The van der Waals surface area contributed by atoms with Crippen LogP contribution in [0.25, 0.3) is 0 Å². The molecule has 2 aromatic rings. The Morgan fingerprint density at radius 3 is 2.42 bits per heavy atom. The smallest absolute Gasteiger partial charge is 0.273 e. The van der Waals surface area contributed by atoms with Crippen molar-refractivity contribution in [3.05, 3.63) is 28.8 Å². The van der Waals surface area contributed by atoms with Crippen LogP contribution in [0.5, 0.6) is 0 Å². The van der Waals surface area contributed by atoms with Crippen LogP contribution >= 0.6 is 0 Å². The number of nitrogens with zero attached hydrogens (tertiary/aromatic N) is 4. The molecule has 0 aromatic carbocycles. The summed E-state index contributed by atoms with van der Waals surface area (Å²) in [6.07, 6.45) is 2.50. The van der Waals surface area contributed by atoms with Crippen molar-refractivity contribution in [3.63, 3.8) is 0 Å². The lowest BCUT2D eigenvalue weighted by Gasteiger charge is -2.06. The first-order chi connectivity index (χ1) is 11.4. The standard InChI is InChI=1S/C16H24N6O2/c1-6-8-17-16(24)14-12(9-22(7-2)20-14)18-15(23)13-10(3)19-21(5)11(13)4/h9H,6-8H2,1-5H3,(H,17,24)(H,18,23). The van der Waals surface area contributed by atoms with Crippen LogP contribution in [0.3, 0.4) is 0 Å². The fourth-order valence-corrected chi connectivity index (χ4v) is 2.45. The molecule has 0 unspecified atom stereocenters. The normalized spacial score (nSPS) is 10.7. The number of hydrogen-bond donors (Lipinski definition) is 2. The van der Waals surface area contributed by atoms with Gasteiger partial charge in [0.2, 0.25) is 0 Å². The summed E-state index contributed by atoms with van der Waals surface area (Å²) in [7, 11) is 1.79. The second kappa shape index (κ2) is 7.29. The first kappa shape index (κ1) is 17.7. The molecule has 2 aromatic heterocycles. The van der Waals surface area contributed by atoms with E-state index in [9.17, 15) is 9.59 Å². The summed E-state index contributed by atoms with van der Waals surface area (Å²) < 4.78 is 3.29. The van der Waals surface area contributed by atoms with Crippen molar-refractivity contribution < 1.29 is 9.59 Å². The second-order valence-corrected chi connectivity index (χ2v) is 5.63. The van der Waals surface area contributed by atoms with Gasteiger partial charge < -0.3 is 10.6 Å². The first-order valence-electron chi connectivity index (χ1n) is 8.06. The third kappa shape index (κ3) is 3.47. The van der Waals surface area contributed by atoms with Crippen LogP contribution in [0.1, 0.15) is 52.5 Å². The predicted octanol–water partition coefficient (Wildman–Crippen LogP) is 1.65. The summed E-state index contributed by atoms with van der Waals surface area (Å²) in [4.78, 5) is 24.9. The molecule has 0 atom stereocenters. The molecule has 0 radical (unpaired) electrons. The Bertz CT molecular complexity index is 759. The van der Waals surface area contributed by atoms with E-state index in [-0.39, 0.29) is 17.5 Å². The minimum absolute atomic E-state index is 0.220. The predicted molar refractivity (Wildman–Crippen MR) is 91.2 cm³/mol. The van der Waals surface area contributed by atoms with Crippen LogP contribution < -0.4 is 10.6 Å². The number of anilines is 1. The highest BCUT2D eigenvalue weighted by Crippen LogP contribution is 2.18. The summed E-state index contributed by atoms with van der Waals surface area (Å²) in [5, 5.41) is 14.1. The van der Waals surface area contributed by atoms with Gasteiger partial charge >= 0.3 is 0 Å². The highest BCUT2D eigenvalue weighted by molar-refractivity contribution is 6.09. The first-order valence-corrected chi connectivity index (χ1v) is 8.06. The molecule has 2 rings (SSSR count). The summed E-state index contributed by atoms with van der Waals surface area (Å²) in [6, 6.07) is 0. The third-order valence-electron chi connectivity index (χ3n) is 3.82. The van der Waals surface area contributed by atoms with Crippen molar-refractivity contribution in [2.24, 2.45) is 7.05 Å². The van der Waals surface area contributed by atoms with E-state index in [1.54, 1.807) is 29.5 Å². The van der Waals surface area contributed by atoms with Crippen LogP contribution in [-0.2, 0) is 13.6 Å². The van der Waals surface area contributed by atoms with Crippen LogP contribution in [0, 0.1) is 13.8 Å². The number of aromatic nitrogens is 4. The molecule has 0 spiro atoms. The summed E-state index contributed by atoms with van der Waals surface area (Å²) in [5.74, 6) is -0.586. The summed E-state index contributed by atoms with van der Waals surface area (Å²) in [5.41, 5.74) is 2.55. The second-order valence-electron chi connectivity index (χ2n) is 5.63. The van der Waals surface area contributed by atoms with Crippen molar-refractivity contribution in [3.8, 4) is 0 Å². The maximum Gasteiger partial charge on any atom is 0.273 e. The Balaban J connectivity index is 2.29. The highest BCUT2D eigenvalue weighted by atomic mass is 16.2. The van der Waals surface area contributed by atoms with Gasteiger partial charge in [-0.15, -0.1) is 0 Å².